The highest BCUT2D eigenvalue weighted by Crippen LogP contribution is 2.28. The Labute approximate surface area is 190 Å². The maximum absolute atomic E-state index is 12.4. The largest absolute Gasteiger partial charge is 0.485 e. The lowest BCUT2D eigenvalue weighted by molar-refractivity contribution is -0.115. The highest BCUT2D eigenvalue weighted by Gasteiger charge is 2.20. The number of nitrogens with two attached hydrogens (primary N) is 1. The van der Waals surface area contributed by atoms with Crippen LogP contribution in [0, 0.1) is 6.92 Å². The van der Waals surface area contributed by atoms with Gasteiger partial charge >= 0.3 is 0 Å². The van der Waals surface area contributed by atoms with Gasteiger partial charge in [-0.15, -0.1) is 10.2 Å². The van der Waals surface area contributed by atoms with Gasteiger partial charge in [0.1, 0.15) is 18.2 Å². The topological polar surface area (TPSA) is 108 Å². The van der Waals surface area contributed by atoms with E-state index in [1.165, 1.54) is 22.6 Å². The van der Waals surface area contributed by atoms with Crippen molar-refractivity contribution in [2.45, 2.75) is 50.6 Å². The molecule has 0 radical (unpaired) electrons. The van der Waals surface area contributed by atoms with E-state index in [4.69, 9.17) is 22.2 Å². The molecule has 3 rings (SSSR count). The van der Waals surface area contributed by atoms with E-state index in [9.17, 15) is 4.79 Å². The molecule has 3 aromatic rings. The average Bonchev–Trinajstić information content (AvgIpc) is 3.07. The fourth-order valence-corrected chi connectivity index (χ4v) is 3.66. The predicted molar refractivity (Wildman–Crippen MR) is 123 cm³/mol. The van der Waals surface area contributed by atoms with Crippen LogP contribution in [0.25, 0.3) is 0 Å². The highest BCUT2D eigenvalue weighted by molar-refractivity contribution is 8.00. The van der Waals surface area contributed by atoms with Gasteiger partial charge in [0.25, 0.3) is 0 Å². The minimum absolute atomic E-state index is 0.169. The highest BCUT2D eigenvalue weighted by atomic mass is 35.5. The number of aromatic nitrogens is 4. The molecule has 1 atom stereocenters. The van der Waals surface area contributed by atoms with Crippen LogP contribution in [0.4, 0.5) is 5.82 Å². The summed E-state index contributed by atoms with van der Waals surface area (Å²) >= 11 is 7.01. The summed E-state index contributed by atoms with van der Waals surface area (Å²) in [5.41, 5.74) is 2.23. The summed E-state index contributed by atoms with van der Waals surface area (Å²) in [6, 6.07) is 9.42. The van der Waals surface area contributed by atoms with Crippen LogP contribution in [-0.4, -0.2) is 31.0 Å². The van der Waals surface area contributed by atoms with Crippen LogP contribution < -0.4 is 15.9 Å². The fourth-order valence-electron chi connectivity index (χ4n) is 2.76. The zero-order valence-electron chi connectivity index (χ0n) is 17.8. The van der Waals surface area contributed by atoms with Crippen LogP contribution in [0.15, 0.2) is 41.7 Å². The van der Waals surface area contributed by atoms with E-state index >= 15 is 0 Å². The number of rotatable bonds is 8. The summed E-state index contributed by atoms with van der Waals surface area (Å²) in [7, 11) is 0. The minimum atomic E-state index is -0.470. The van der Waals surface area contributed by atoms with Crippen molar-refractivity contribution < 1.29 is 9.53 Å². The summed E-state index contributed by atoms with van der Waals surface area (Å²) in [6.07, 6.45) is 1.47. The molecule has 0 saturated heterocycles. The van der Waals surface area contributed by atoms with Gasteiger partial charge in [-0.3, -0.25) is 4.79 Å². The van der Waals surface area contributed by atoms with Gasteiger partial charge in [0.2, 0.25) is 11.1 Å². The number of ether oxygens (including phenoxy) is 1. The molecule has 0 unspecified atom stereocenters. The Balaban J connectivity index is 1.63. The standard InChI is InChI=1S/C21H25ClN6O2S/c1-12(2)16-7-5-13(3)9-17(16)30-11-19-26-27-21(28(19)23)31-14(4)20(29)25-18-8-6-15(22)10-24-18/h5-10,12,14H,11,23H2,1-4H3,(H,24,25,29)/t14-/m1/s1. The molecule has 2 heterocycles. The van der Waals surface area contributed by atoms with Crippen LogP contribution in [0.2, 0.25) is 5.02 Å². The number of halogens is 1. The predicted octanol–water partition coefficient (Wildman–Crippen LogP) is 4.17. The van der Waals surface area contributed by atoms with Crippen molar-refractivity contribution in [2.75, 3.05) is 11.2 Å². The van der Waals surface area contributed by atoms with E-state index < -0.39 is 5.25 Å². The SMILES string of the molecule is Cc1ccc(C(C)C)c(OCc2nnc(S[C@H](C)C(=O)Nc3ccc(Cl)cn3)n2N)c1. The van der Waals surface area contributed by atoms with Gasteiger partial charge in [-0.2, -0.15) is 0 Å². The summed E-state index contributed by atoms with van der Waals surface area (Å²) in [6.45, 7) is 8.17. The second kappa shape index (κ2) is 10.0. The molecule has 31 heavy (non-hydrogen) atoms. The molecule has 0 aliphatic rings. The molecule has 8 nitrogen and oxygen atoms in total. The van der Waals surface area contributed by atoms with Crippen LogP contribution in [-0.2, 0) is 11.4 Å². The number of nitrogens with zero attached hydrogens (tertiary/aromatic N) is 4. The van der Waals surface area contributed by atoms with Gasteiger partial charge in [0.15, 0.2) is 5.82 Å². The number of nitrogens with one attached hydrogen (secondary N) is 1. The quantitative estimate of drug-likeness (QED) is 0.383. The minimum Gasteiger partial charge on any atom is -0.485 e. The lowest BCUT2D eigenvalue weighted by Gasteiger charge is -2.15. The first kappa shape index (κ1) is 22.9. The molecule has 0 aliphatic carbocycles. The monoisotopic (exact) mass is 460 g/mol. The Bertz CT molecular complexity index is 1050. The molecule has 1 amide bonds. The van der Waals surface area contributed by atoms with Crippen LogP contribution in [0.1, 0.15) is 43.6 Å². The number of hydrogen-bond acceptors (Lipinski definition) is 7. The molecule has 164 valence electrons. The number of carbonyl (C=O) groups excluding carboxylic acids is 1. The summed E-state index contributed by atoms with van der Waals surface area (Å²) in [4.78, 5) is 16.5. The van der Waals surface area contributed by atoms with Crippen molar-refractivity contribution in [3.05, 3.63) is 58.5 Å². The van der Waals surface area contributed by atoms with Crippen molar-refractivity contribution in [2.24, 2.45) is 0 Å². The van der Waals surface area contributed by atoms with Crippen LogP contribution in [0.5, 0.6) is 5.75 Å². The fraction of sp³-hybridized carbons (Fsp3) is 0.333. The van der Waals surface area contributed by atoms with Gasteiger partial charge in [0, 0.05) is 6.20 Å². The number of anilines is 1. The number of benzene rings is 1. The maximum Gasteiger partial charge on any atom is 0.238 e. The second-order valence-electron chi connectivity index (χ2n) is 7.36. The number of aryl methyl sites for hydroxylation is 1. The van der Waals surface area contributed by atoms with E-state index in [2.05, 4.69) is 46.5 Å². The number of carbonyl (C=O) groups is 1. The number of amides is 1. The van der Waals surface area contributed by atoms with E-state index in [1.807, 2.05) is 13.0 Å². The molecule has 0 spiro atoms. The molecule has 0 bridgehead atoms. The molecular weight excluding hydrogens is 436 g/mol. The average molecular weight is 461 g/mol. The van der Waals surface area contributed by atoms with Gasteiger partial charge in [-0.05, 0) is 49.1 Å². The molecular formula is C21H25ClN6O2S. The Morgan fingerprint density at radius 3 is 2.71 bits per heavy atom. The smallest absolute Gasteiger partial charge is 0.238 e. The van der Waals surface area contributed by atoms with Crippen LogP contribution >= 0.6 is 23.4 Å². The van der Waals surface area contributed by atoms with Crippen molar-refractivity contribution in [1.29, 1.82) is 0 Å². The first-order chi connectivity index (χ1) is 14.7. The Morgan fingerprint density at radius 1 is 1.26 bits per heavy atom. The van der Waals surface area contributed by atoms with Gasteiger partial charge in [0.05, 0.1) is 10.3 Å². The maximum atomic E-state index is 12.4. The molecule has 0 saturated carbocycles. The lowest BCUT2D eigenvalue weighted by Crippen LogP contribution is -2.24. The molecule has 3 N–H and O–H groups in total. The molecule has 0 fully saturated rings. The van der Waals surface area contributed by atoms with Crippen molar-refractivity contribution in [3.63, 3.8) is 0 Å². The van der Waals surface area contributed by atoms with Gasteiger partial charge < -0.3 is 15.9 Å². The third kappa shape index (κ3) is 5.89. The normalized spacial score (nSPS) is 12.1. The molecule has 1 aromatic carbocycles. The third-order valence-electron chi connectivity index (χ3n) is 4.51. The molecule has 10 heteroatoms. The Morgan fingerprint density at radius 2 is 2.03 bits per heavy atom. The second-order valence-corrected chi connectivity index (χ2v) is 9.11. The number of nitrogen functional groups attached to an aromatic ring is 1. The zero-order valence-corrected chi connectivity index (χ0v) is 19.4. The number of hydrogen-bond donors (Lipinski definition) is 2. The van der Waals surface area contributed by atoms with Crippen molar-refractivity contribution in [1.82, 2.24) is 19.9 Å². The molecule has 2 aromatic heterocycles. The Hall–Kier alpha value is -2.78. The van der Waals surface area contributed by atoms with E-state index in [0.717, 1.165) is 16.9 Å². The summed E-state index contributed by atoms with van der Waals surface area (Å²) in [5, 5.41) is 11.4. The van der Waals surface area contributed by atoms with Crippen molar-refractivity contribution >= 4 is 35.1 Å². The zero-order chi connectivity index (χ0) is 22.5. The number of thioether (sulfide) groups is 1. The lowest BCUT2D eigenvalue weighted by atomic mass is 10.0. The van der Waals surface area contributed by atoms with E-state index in [-0.39, 0.29) is 12.5 Å². The first-order valence-electron chi connectivity index (χ1n) is 9.76. The first-order valence-corrected chi connectivity index (χ1v) is 11.0. The van der Waals surface area contributed by atoms with E-state index in [1.54, 1.807) is 19.1 Å². The van der Waals surface area contributed by atoms with E-state index in [0.29, 0.717) is 27.7 Å². The van der Waals surface area contributed by atoms with Gasteiger partial charge in [-0.1, -0.05) is 49.3 Å². The molecule has 0 aliphatic heterocycles. The Kier molecular flexibility index (Phi) is 7.40. The summed E-state index contributed by atoms with van der Waals surface area (Å²) in [5.74, 6) is 7.92. The third-order valence-corrected chi connectivity index (χ3v) is 5.79. The van der Waals surface area contributed by atoms with Gasteiger partial charge in [-0.25, -0.2) is 9.66 Å². The number of pyridine rings is 1. The summed E-state index contributed by atoms with van der Waals surface area (Å²) < 4.78 is 7.34. The van der Waals surface area contributed by atoms with Crippen molar-refractivity contribution in [3.8, 4) is 5.75 Å². The van der Waals surface area contributed by atoms with Crippen LogP contribution in [0.3, 0.4) is 0 Å².